The average Bonchev–Trinajstić information content (AvgIpc) is 3.24. The highest BCUT2D eigenvalue weighted by atomic mass is 35.5. The van der Waals surface area contributed by atoms with Gasteiger partial charge >= 0.3 is 0 Å². The number of amides is 1. The van der Waals surface area contributed by atoms with E-state index in [1.807, 2.05) is 64.1 Å². The van der Waals surface area contributed by atoms with E-state index in [2.05, 4.69) is 20.8 Å². The number of nitrogens with zero attached hydrogens (tertiary/aromatic N) is 3. The number of aromatic nitrogens is 3. The quantitative estimate of drug-likeness (QED) is 0.318. The molecule has 8 nitrogen and oxygen atoms in total. The maximum atomic E-state index is 12.4. The topological polar surface area (TPSA) is 90.3 Å². The summed E-state index contributed by atoms with van der Waals surface area (Å²) in [5.41, 5.74) is 5.63. The molecule has 1 heterocycles. The van der Waals surface area contributed by atoms with Crippen LogP contribution in [0.5, 0.6) is 11.5 Å². The van der Waals surface area contributed by atoms with Gasteiger partial charge in [0.05, 0.1) is 12.3 Å². The van der Waals surface area contributed by atoms with Crippen LogP contribution < -0.4 is 20.1 Å². The SMILES string of the molecule is CCOc1ccc(-n2nc3cc(C)c(NC(=S)NC(=O)COc4cc(C)c(Cl)c(C)c4)cc3n2)cc1. The Bertz CT molecular complexity index is 1410. The summed E-state index contributed by atoms with van der Waals surface area (Å²) in [6, 6.07) is 14.9. The minimum atomic E-state index is -0.377. The second kappa shape index (κ2) is 10.9. The van der Waals surface area contributed by atoms with Gasteiger partial charge in [-0.25, -0.2) is 0 Å². The van der Waals surface area contributed by atoms with E-state index in [1.54, 1.807) is 16.9 Å². The first-order valence-corrected chi connectivity index (χ1v) is 12.1. The van der Waals surface area contributed by atoms with E-state index in [0.29, 0.717) is 22.9 Å². The Morgan fingerprint density at radius 2 is 1.58 bits per heavy atom. The van der Waals surface area contributed by atoms with E-state index in [4.69, 9.17) is 33.3 Å². The first-order chi connectivity index (χ1) is 17.2. The molecule has 0 aliphatic rings. The van der Waals surface area contributed by atoms with Crippen LogP contribution in [0, 0.1) is 20.8 Å². The Balaban J connectivity index is 1.39. The number of benzene rings is 3. The van der Waals surface area contributed by atoms with Crippen molar-refractivity contribution in [3.63, 3.8) is 0 Å². The van der Waals surface area contributed by atoms with Gasteiger partial charge in [0.1, 0.15) is 22.5 Å². The summed E-state index contributed by atoms with van der Waals surface area (Å²) < 4.78 is 11.1. The molecule has 0 fully saturated rings. The first kappa shape index (κ1) is 25.4. The number of hydrogen-bond donors (Lipinski definition) is 2. The molecule has 1 amide bonds. The lowest BCUT2D eigenvalue weighted by molar-refractivity contribution is -0.121. The third-order valence-electron chi connectivity index (χ3n) is 5.39. The number of aryl methyl sites for hydroxylation is 3. The molecule has 0 unspecified atom stereocenters. The highest BCUT2D eigenvalue weighted by Crippen LogP contribution is 2.26. The molecular weight excluding hydrogens is 498 g/mol. The predicted molar refractivity (Wildman–Crippen MR) is 146 cm³/mol. The summed E-state index contributed by atoms with van der Waals surface area (Å²) >= 11 is 11.5. The predicted octanol–water partition coefficient (Wildman–Crippen LogP) is 5.29. The number of thiocarbonyl (C=S) groups is 1. The van der Waals surface area contributed by atoms with E-state index < -0.39 is 0 Å². The van der Waals surface area contributed by atoms with Crippen molar-refractivity contribution in [1.29, 1.82) is 0 Å². The fourth-order valence-corrected chi connectivity index (χ4v) is 3.95. The zero-order chi connectivity index (χ0) is 25.8. The number of halogens is 1. The summed E-state index contributed by atoms with van der Waals surface area (Å²) in [7, 11) is 0. The Morgan fingerprint density at radius 1 is 0.944 bits per heavy atom. The average molecular weight is 524 g/mol. The zero-order valence-corrected chi connectivity index (χ0v) is 22.0. The van der Waals surface area contributed by atoms with Crippen LogP contribution in [-0.4, -0.2) is 39.2 Å². The lowest BCUT2D eigenvalue weighted by Crippen LogP contribution is -2.37. The molecule has 4 aromatic rings. The molecule has 0 aliphatic carbocycles. The number of fused-ring (bicyclic) bond motifs is 1. The molecule has 2 N–H and O–H groups in total. The van der Waals surface area contributed by atoms with Crippen LogP contribution >= 0.6 is 23.8 Å². The van der Waals surface area contributed by atoms with Gasteiger partial charge < -0.3 is 14.8 Å². The molecule has 0 atom stereocenters. The van der Waals surface area contributed by atoms with Crippen LogP contribution in [0.25, 0.3) is 16.7 Å². The number of hydrogen-bond acceptors (Lipinski definition) is 6. The monoisotopic (exact) mass is 523 g/mol. The second-order valence-corrected chi connectivity index (χ2v) is 9.02. The number of rotatable bonds is 7. The van der Waals surface area contributed by atoms with Crippen molar-refractivity contribution in [2.75, 3.05) is 18.5 Å². The number of carbonyl (C=O) groups excluding carboxylic acids is 1. The minimum absolute atomic E-state index is 0.161. The van der Waals surface area contributed by atoms with Crippen LogP contribution in [-0.2, 0) is 4.79 Å². The minimum Gasteiger partial charge on any atom is -0.494 e. The fraction of sp³-hybridized carbons (Fsp3) is 0.231. The van der Waals surface area contributed by atoms with Gasteiger partial charge in [0.25, 0.3) is 5.91 Å². The third kappa shape index (κ3) is 5.92. The lowest BCUT2D eigenvalue weighted by atomic mass is 10.1. The Morgan fingerprint density at radius 3 is 2.22 bits per heavy atom. The van der Waals surface area contributed by atoms with Crippen molar-refractivity contribution in [1.82, 2.24) is 20.3 Å². The zero-order valence-electron chi connectivity index (χ0n) is 20.4. The van der Waals surface area contributed by atoms with Gasteiger partial charge in [-0.2, -0.15) is 4.80 Å². The van der Waals surface area contributed by atoms with Crippen molar-refractivity contribution < 1.29 is 14.3 Å². The van der Waals surface area contributed by atoms with E-state index in [0.717, 1.165) is 39.3 Å². The number of carbonyl (C=O) groups is 1. The van der Waals surface area contributed by atoms with Gasteiger partial charge in [-0.05, 0) is 105 Å². The maximum Gasteiger partial charge on any atom is 0.264 e. The van der Waals surface area contributed by atoms with Gasteiger partial charge in [-0.15, -0.1) is 10.2 Å². The second-order valence-electron chi connectivity index (χ2n) is 8.23. The molecule has 0 spiro atoms. The summed E-state index contributed by atoms with van der Waals surface area (Å²) in [4.78, 5) is 13.9. The Hall–Kier alpha value is -3.69. The molecular formula is C26H26ClN5O3S. The number of anilines is 1. The summed E-state index contributed by atoms with van der Waals surface area (Å²) in [6.07, 6.45) is 0. The van der Waals surface area contributed by atoms with Gasteiger partial charge in [0.15, 0.2) is 11.7 Å². The van der Waals surface area contributed by atoms with Crippen LogP contribution in [0.3, 0.4) is 0 Å². The van der Waals surface area contributed by atoms with Crippen molar-refractivity contribution in [3.05, 3.63) is 70.2 Å². The Labute approximate surface area is 219 Å². The lowest BCUT2D eigenvalue weighted by Gasteiger charge is -2.13. The molecule has 0 saturated carbocycles. The molecule has 0 aliphatic heterocycles. The molecule has 0 bridgehead atoms. The molecule has 0 radical (unpaired) electrons. The molecule has 36 heavy (non-hydrogen) atoms. The van der Waals surface area contributed by atoms with Crippen LogP contribution in [0.2, 0.25) is 5.02 Å². The summed E-state index contributed by atoms with van der Waals surface area (Å²) in [5.74, 6) is 0.984. The standard InChI is InChI=1S/C26H26ClN5O3S/c1-5-34-19-8-6-18(7-9-19)32-30-22-12-15(2)21(13-23(22)31-32)28-26(36)29-24(33)14-35-20-10-16(3)25(27)17(4)11-20/h6-13H,5,14H2,1-4H3,(H2,28,29,33,36). The number of nitrogens with one attached hydrogen (secondary N) is 2. The van der Waals surface area contributed by atoms with E-state index >= 15 is 0 Å². The van der Waals surface area contributed by atoms with Crippen LogP contribution in [0.1, 0.15) is 23.6 Å². The van der Waals surface area contributed by atoms with Gasteiger partial charge in [-0.3, -0.25) is 10.1 Å². The smallest absolute Gasteiger partial charge is 0.264 e. The van der Waals surface area contributed by atoms with Crippen molar-refractivity contribution in [2.24, 2.45) is 0 Å². The molecule has 1 aromatic heterocycles. The maximum absolute atomic E-state index is 12.4. The van der Waals surface area contributed by atoms with Gasteiger partial charge in [0, 0.05) is 10.7 Å². The normalized spacial score (nSPS) is 10.8. The molecule has 0 saturated heterocycles. The highest BCUT2D eigenvalue weighted by Gasteiger charge is 2.12. The van der Waals surface area contributed by atoms with Gasteiger partial charge in [0.2, 0.25) is 0 Å². The van der Waals surface area contributed by atoms with E-state index in [9.17, 15) is 4.79 Å². The number of ether oxygens (including phenoxy) is 2. The molecule has 4 rings (SSSR count). The van der Waals surface area contributed by atoms with Crippen molar-refractivity contribution in [3.8, 4) is 17.2 Å². The largest absolute Gasteiger partial charge is 0.494 e. The molecule has 10 heteroatoms. The first-order valence-electron chi connectivity index (χ1n) is 11.3. The van der Waals surface area contributed by atoms with Crippen molar-refractivity contribution >= 4 is 51.6 Å². The van der Waals surface area contributed by atoms with Crippen molar-refractivity contribution in [2.45, 2.75) is 27.7 Å². The summed E-state index contributed by atoms with van der Waals surface area (Å²) in [6.45, 7) is 8.06. The highest BCUT2D eigenvalue weighted by molar-refractivity contribution is 7.80. The van der Waals surface area contributed by atoms with E-state index in [1.165, 1.54) is 0 Å². The fourth-order valence-electron chi connectivity index (χ4n) is 3.62. The summed E-state index contributed by atoms with van der Waals surface area (Å²) in [5, 5.41) is 15.7. The molecule has 3 aromatic carbocycles. The Kier molecular flexibility index (Phi) is 7.71. The van der Waals surface area contributed by atoms with E-state index in [-0.39, 0.29) is 17.6 Å². The third-order valence-corrected chi connectivity index (χ3v) is 6.19. The molecule has 186 valence electrons. The van der Waals surface area contributed by atoms with Crippen LogP contribution in [0.4, 0.5) is 5.69 Å². The van der Waals surface area contributed by atoms with Gasteiger partial charge in [-0.1, -0.05) is 11.6 Å². The van der Waals surface area contributed by atoms with Crippen LogP contribution in [0.15, 0.2) is 48.5 Å².